The van der Waals surface area contributed by atoms with E-state index < -0.39 is 0 Å². The second-order valence-electron chi connectivity index (χ2n) is 13.7. The van der Waals surface area contributed by atoms with Crippen LogP contribution in [-0.4, -0.2) is 9.55 Å². The van der Waals surface area contributed by atoms with E-state index in [9.17, 15) is 0 Å². The Kier molecular flexibility index (Phi) is 6.19. The standard InChI is InChI=1S/C46H33N3O/c1-46(2)38-29-35(27-28-40(38)49-41-16-8-7-15-39(41)47-45(46)49)48(33-23-19-31(20-24-33)30-11-4-3-5-12-30)34-25-21-32(22-26-34)36-14-10-18-43-44(36)37-13-6-9-17-42(37)50-43/h3-29H,1-2H3. The molecule has 50 heavy (non-hydrogen) atoms. The summed E-state index contributed by atoms with van der Waals surface area (Å²) in [4.78, 5) is 7.47. The van der Waals surface area contributed by atoms with Gasteiger partial charge in [-0.2, -0.15) is 0 Å². The zero-order valence-electron chi connectivity index (χ0n) is 27.8. The van der Waals surface area contributed by atoms with Gasteiger partial charge in [-0.3, -0.25) is 4.57 Å². The molecule has 0 N–H and O–H groups in total. The van der Waals surface area contributed by atoms with Crippen LogP contribution in [0.4, 0.5) is 17.1 Å². The number of furan rings is 1. The van der Waals surface area contributed by atoms with E-state index in [1.54, 1.807) is 0 Å². The van der Waals surface area contributed by atoms with Crippen LogP contribution in [0.1, 0.15) is 25.2 Å². The molecule has 2 aromatic heterocycles. The molecule has 10 rings (SSSR count). The summed E-state index contributed by atoms with van der Waals surface area (Å²) < 4.78 is 8.55. The molecular formula is C46H33N3O. The molecule has 7 aromatic carbocycles. The number of imidazole rings is 1. The molecule has 0 spiro atoms. The molecule has 3 heterocycles. The van der Waals surface area contributed by atoms with Crippen LogP contribution in [0.25, 0.3) is 60.9 Å². The first kappa shape index (κ1) is 28.6. The molecule has 0 atom stereocenters. The van der Waals surface area contributed by atoms with Gasteiger partial charge in [0, 0.05) is 27.8 Å². The SMILES string of the molecule is CC1(C)c2cc(N(c3ccc(-c4ccccc4)cc3)c3ccc(-c4cccc5oc6ccccc6c45)cc3)ccc2-n2c1nc1ccccc12. The number of benzene rings is 7. The minimum atomic E-state index is -0.261. The Bertz CT molecular complexity index is 2720. The van der Waals surface area contributed by atoms with Crippen LogP contribution in [-0.2, 0) is 5.41 Å². The quantitative estimate of drug-likeness (QED) is 0.187. The fourth-order valence-electron chi connectivity index (χ4n) is 7.85. The number of para-hydroxylation sites is 3. The number of fused-ring (bicyclic) bond motifs is 8. The Hall–Kier alpha value is -6.39. The lowest BCUT2D eigenvalue weighted by atomic mass is 9.85. The second-order valence-corrected chi connectivity index (χ2v) is 13.7. The minimum absolute atomic E-state index is 0.261. The van der Waals surface area contributed by atoms with Crippen molar-refractivity contribution < 1.29 is 4.42 Å². The first-order chi connectivity index (χ1) is 24.5. The van der Waals surface area contributed by atoms with Gasteiger partial charge in [-0.15, -0.1) is 0 Å². The third-order valence-electron chi connectivity index (χ3n) is 10.3. The summed E-state index contributed by atoms with van der Waals surface area (Å²) in [6.07, 6.45) is 0. The van der Waals surface area contributed by atoms with Gasteiger partial charge >= 0.3 is 0 Å². The van der Waals surface area contributed by atoms with E-state index in [1.165, 1.54) is 27.9 Å². The lowest BCUT2D eigenvalue weighted by Gasteiger charge is -2.28. The molecule has 0 saturated carbocycles. The highest BCUT2D eigenvalue weighted by molar-refractivity contribution is 6.12. The van der Waals surface area contributed by atoms with Crippen LogP contribution in [0.5, 0.6) is 0 Å². The Morgan fingerprint density at radius 2 is 1.20 bits per heavy atom. The third-order valence-corrected chi connectivity index (χ3v) is 10.3. The Labute approximate surface area is 290 Å². The number of anilines is 3. The van der Waals surface area contributed by atoms with E-state index in [1.807, 2.05) is 12.1 Å². The third kappa shape index (κ3) is 4.28. The van der Waals surface area contributed by atoms with Gasteiger partial charge in [-0.05, 0) is 108 Å². The van der Waals surface area contributed by atoms with Crippen LogP contribution in [0.3, 0.4) is 0 Å². The second kappa shape index (κ2) is 10.8. The average molecular weight is 644 g/mol. The normalized spacial score (nSPS) is 13.2. The molecule has 4 heteroatoms. The van der Waals surface area contributed by atoms with Gasteiger partial charge in [0.1, 0.15) is 17.0 Å². The van der Waals surface area contributed by atoms with Crippen LogP contribution >= 0.6 is 0 Å². The number of nitrogens with zero attached hydrogens (tertiary/aromatic N) is 3. The number of rotatable bonds is 5. The fourth-order valence-corrected chi connectivity index (χ4v) is 7.85. The highest BCUT2D eigenvalue weighted by Gasteiger charge is 2.39. The smallest absolute Gasteiger partial charge is 0.136 e. The highest BCUT2D eigenvalue weighted by atomic mass is 16.3. The topological polar surface area (TPSA) is 34.2 Å². The number of hydrogen-bond donors (Lipinski definition) is 0. The van der Waals surface area contributed by atoms with Crippen molar-refractivity contribution in [1.82, 2.24) is 9.55 Å². The van der Waals surface area contributed by atoms with E-state index in [0.29, 0.717) is 0 Å². The molecule has 0 bridgehead atoms. The van der Waals surface area contributed by atoms with Crippen molar-refractivity contribution in [2.24, 2.45) is 0 Å². The molecule has 1 aliphatic rings. The predicted octanol–water partition coefficient (Wildman–Crippen LogP) is 12.4. The summed E-state index contributed by atoms with van der Waals surface area (Å²) in [5.41, 5.74) is 14.2. The molecular weight excluding hydrogens is 611 g/mol. The van der Waals surface area contributed by atoms with E-state index >= 15 is 0 Å². The Morgan fingerprint density at radius 3 is 2.00 bits per heavy atom. The monoisotopic (exact) mass is 643 g/mol. The van der Waals surface area contributed by atoms with E-state index in [-0.39, 0.29) is 5.41 Å². The maximum absolute atomic E-state index is 6.21. The molecule has 238 valence electrons. The summed E-state index contributed by atoms with van der Waals surface area (Å²) >= 11 is 0. The Morgan fingerprint density at radius 1 is 0.560 bits per heavy atom. The Balaban J connectivity index is 1.11. The molecule has 4 nitrogen and oxygen atoms in total. The fraction of sp³-hybridized carbons (Fsp3) is 0.0652. The summed E-state index contributed by atoms with van der Waals surface area (Å²) in [5, 5.41) is 2.28. The van der Waals surface area contributed by atoms with Crippen molar-refractivity contribution in [3.8, 4) is 27.9 Å². The zero-order valence-corrected chi connectivity index (χ0v) is 27.8. The van der Waals surface area contributed by atoms with Crippen LogP contribution in [0, 0.1) is 0 Å². The van der Waals surface area contributed by atoms with Crippen molar-refractivity contribution in [2.75, 3.05) is 4.90 Å². The van der Waals surface area contributed by atoms with Crippen molar-refractivity contribution in [3.63, 3.8) is 0 Å². The molecule has 0 fully saturated rings. The molecule has 0 radical (unpaired) electrons. The van der Waals surface area contributed by atoms with Crippen LogP contribution in [0.15, 0.2) is 168 Å². The summed E-state index contributed by atoms with van der Waals surface area (Å²) in [6, 6.07) is 58.3. The van der Waals surface area contributed by atoms with Crippen molar-refractivity contribution >= 4 is 50.0 Å². The molecule has 1 aliphatic heterocycles. The van der Waals surface area contributed by atoms with Gasteiger partial charge in [-0.25, -0.2) is 4.98 Å². The van der Waals surface area contributed by atoms with Gasteiger partial charge in [0.25, 0.3) is 0 Å². The van der Waals surface area contributed by atoms with Gasteiger partial charge in [-0.1, -0.05) is 97.1 Å². The first-order valence-electron chi connectivity index (χ1n) is 17.1. The highest BCUT2D eigenvalue weighted by Crippen LogP contribution is 2.47. The molecule has 9 aromatic rings. The average Bonchev–Trinajstić information content (AvgIpc) is 3.81. The lowest BCUT2D eigenvalue weighted by molar-refractivity contribution is 0.621. The molecule has 0 unspecified atom stereocenters. The van der Waals surface area contributed by atoms with Crippen LogP contribution in [0.2, 0.25) is 0 Å². The van der Waals surface area contributed by atoms with Gasteiger partial charge < -0.3 is 9.32 Å². The van der Waals surface area contributed by atoms with E-state index in [4.69, 9.17) is 9.40 Å². The maximum Gasteiger partial charge on any atom is 0.136 e. The van der Waals surface area contributed by atoms with Crippen molar-refractivity contribution in [3.05, 3.63) is 175 Å². The maximum atomic E-state index is 6.21. The summed E-state index contributed by atoms with van der Waals surface area (Å²) in [6.45, 7) is 4.57. The largest absolute Gasteiger partial charge is 0.456 e. The van der Waals surface area contributed by atoms with Gasteiger partial charge in [0.2, 0.25) is 0 Å². The van der Waals surface area contributed by atoms with Crippen LogP contribution < -0.4 is 4.90 Å². The van der Waals surface area contributed by atoms with Gasteiger partial charge in [0.15, 0.2) is 0 Å². The zero-order chi connectivity index (χ0) is 33.4. The van der Waals surface area contributed by atoms with Crippen molar-refractivity contribution in [1.29, 1.82) is 0 Å². The van der Waals surface area contributed by atoms with Crippen molar-refractivity contribution in [2.45, 2.75) is 19.3 Å². The molecule has 0 saturated heterocycles. The number of hydrogen-bond acceptors (Lipinski definition) is 3. The number of aromatic nitrogens is 2. The molecule has 0 aliphatic carbocycles. The van der Waals surface area contributed by atoms with E-state index in [0.717, 1.165) is 61.4 Å². The summed E-state index contributed by atoms with van der Waals surface area (Å²) in [5.74, 6) is 1.08. The lowest BCUT2D eigenvalue weighted by Crippen LogP contribution is -2.17. The minimum Gasteiger partial charge on any atom is -0.456 e. The first-order valence-corrected chi connectivity index (χ1v) is 17.1. The van der Waals surface area contributed by atoms with Gasteiger partial charge in [0.05, 0.1) is 22.1 Å². The summed E-state index contributed by atoms with van der Waals surface area (Å²) in [7, 11) is 0. The molecule has 0 amide bonds. The van der Waals surface area contributed by atoms with E-state index in [2.05, 4.69) is 175 Å². The predicted molar refractivity (Wildman–Crippen MR) is 206 cm³/mol.